The summed E-state index contributed by atoms with van der Waals surface area (Å²) in [6.45, 7) is 12.1. The van der Waals surface area contributed by atoms with E-state index in [2.05, 4.69) is 34.4 Å². The maximum Gasteiger partial charge on any atom is 0.310 e. The first-order valence-corrected chi connectivity index (χ1v) is 14.1. The number of nitrogens with zero attached hydrogens (tertiary/aromatic N) is 3. The van der Waals surface area contributed by atoms with Crippen LogP contribution in [0.4, 0.5) is 0 Å². The van der Waals surface area contributed by atoms with E-state index in [1.807, 2.05) is 36.0 Å². The lowest BCUT2D eigenvalue weighted by Gasteiger charge is -2.44. The molecule has 4 heterocycles. The molecule has 1 aromatic heterocycles. The minimum absolute atomic E-state index is 0.418. The molecule has 2 aromatic rings. The summed E-state index contributed by atoms with van der Waals surface area (Å²) in [6, 6.07) is 7.87. The number of aliphatic carboxylic acids is 1. The Hall–Kier alpha value is -1.44. The topological polar surface area (TPSA) is 66.3 Å². The number of carboxylic acid groups (broad SMARTS) is 1. The fraction of sp³-hybridized carbons (Fsp3) is 0.654. The molecule has 3 aliphatic heterocycles. The van der Waals surface area contributed by atoms with Gasteiger partial charge in [-0.05, 0) is 74.4 Å². The van der Waals surface area contributed by atoms with Gasteiger partial charge in [0.05, 0.1) is 23.3 Å². The van der Waals surface area contributed by atoms with E-state index in [9.17, 15) is 4.79 Å². The summed E-state index contributed by atoms with van der Waals surface area (Å²) in [5.74, 6) is 2.16. The molecular weight excluding hydrogens is 450 g/mol. The van der Waals surface area contributed by atoms with E-state index in [1.165, 1.54) is 79.1 Å². The first-order valence-electron chi connectivity index (χ1n) is 12.4. The molecule has 5 nitrogen and oxygen atoms in total. The van der Waals surface area contributed by atoms with Crippen LogP contribution < -0.4 is 0 Å². The van der Waals surface area contributed by atoms with Crippen LogP contribution in [0.15, 0.2) is 29.3 Å². The first-order chi connectivity index (χ1) is 15.9. The van der Waals surface area contributed by atoms with E-state index in [1.54, 1.807) is 6.92 Å². The minimum Gasteiger partial charge on any atom is -0.481 e. The summed E-state index contributed by atoms with van der Waals surface area (Å²) in [4.78, 5) is 13.4. The number of carboxylic acids is 1. The predicted octanol–water partition coefficient (Wildman–Crippen LogP) is 6.31. The number of carbonyl (C=O) groups is 1. The number of aromatic nitrogens is 2. The maximum absolute atomic E-state index is 10.8. The number of hydrogen-bond donors (Lipinski definition) is 1. The molecule has 0 spiro atoms. The van der Waals surface area contributed by atoms with E-state index in [0.29, 0.717) is 11.8 Å². The molecule has 0 saturated carbocycles. The number of thioether (sulfide) groups is 1. The normalized spacial score (nSPS) is 22.6. The average molecular weight is 490 g/mol. The highest BCUT2D eigenvalue weighted by Crippen LogP contribution is 2.41. The first kappa shape index (κ1) is 26.2. The molecule has 0 aliphatic carbocycles. The second kappa shape index (κ2) is 12.9. The van der Waals surface area contributed by atoms with Crippen molar-refractivity contribution in [3.05, 3.63) is 41.1 Å². The molecule has 33 heavy (non-hydrogen) atoms. The zero-order chi connectivity index (χ0) is 23.8. The molecule has 3 fully saturated rings. The predicted molar refractivity (Wildman–Crippen MR) is 138 cm³/mol. The van der Waals surface area contributed by atoms with Gasteiger partial charge in [-0.3, -0.25) is 4.79 Å². The van der Waals surface area contributed by atoms with E-state index in [4.69, 9.17) is 5.11 Å². The van der Waals surface area contributed by atoms with Gasteiger partial charge in [0, 0.05) is 12.5 Å². The highest BCUT2D eigenvalue weighted by atomic mass is 32.2. The Labute approximate surface area is 207 Å². The van der Waals surface area contributed by atoms with Crippen LogP contribution in [0.5, 0.6) is 0 Å². The fourth-order valence-corrected chi connectivity index (χ4v) is 6.52. The van der Waals surface area contributed by atoms with Crippen molar-refractivity contribution in [1.82, 2.24) is 13.6 Å². The average Bonchev–Trinajstić information content (AvgIpc) is 3.28. The number of hydrogen-bond acceptors (Lipinski definition) is 6. The molecule has 0 amide bonds. The molecule has 7 heteroatoms. The Bertz CT molecular complexity index is 861. The number of rotatable bonds is 9. The molecular formula is C26H39N3O2S2. The van der Waals surface area contributed by atoms with Crippen molar-refractivity contribution in [2.75, 3.05) is 25.4 Å². The van der Waals surface area contributed by atoms with Crippen molar-refractivity contribution >= 4 is 29.5 Å². The van der Waals surface area contributed by atoms with E-state index in [0.717, 1.165) is 17.9 Å². The Morgan fingerprint density at radius 2 is 1.88 bits per heavy atom. The second-order valence-electron chi connectivity index (χ2n) is 9.80. The number of benzene rings is 1. The Balaban J connectivity index is 0.000000190. The Kier molecular flexibility index (Phi) is 10.2. The third kappa shape index (κ3) is 7.52. The standard InChI is InChI=1S/C13H21N3S2.C13H18O2/c1-2-3-8-17-13-12(14-18-15-13)11-9-16-6-4-10(11)5-7-16;1-9(2)8-11-4-6-12(7-5-11)10(3)13(14)15/h10-11H,2-9H2,1H3;4-7,9-10H,8H2,1-3H3,(H,14,15). The van der Waals surface area contributed by atoms with Gasteiger partial charge in [0.15, 0.2) is 0 Å². The van der Waals surface area contributed by atoms with Gasteiger partial charge in [0.1, 0.15) is 5.03 Å². The summed E-state index contributed by atoms with van der Waals surface area (Å²) in [5.41, 5.74) is 3.46. The largest absolute Gasteiger partial charge is 0.481 e. The number of unbranched alkanes of at least 4 members (excludes halogenated alkanes) is 1. The summed E-state index contributed by atoms with van der Waals surface area (Å²) < 4.78 is 9.14. The van der Waals surface area contributed by atoms with Crippen molar-refractivity contribution in [2.24, 2.45) is 11.8 Å². The van der Waals surface area contributed by atoms with Gasteiger partial charge in [0.25, 0.3) is 0 Å². The summed E-state index contributed by atoms with van der Waals surface area (Å²) in [5, 5.41) is 10.1. The van der Waals surface area contributed by atoms with Crippen LogP contribution >= 0.6 is 23.5 Å². The third-order valence-corrected chi connectivity index (χ3v) is 8.44. The summed E-state index contributed by atoms with van der Waals surface area (Å²) >= 11 is 3.32. The van der Waals surface area contributed by atoms with E-state index >= 15 is 0 Å². The molecule has 2 bridgehead atoms. The SMILES string of the molecule is CC(C)Cc1ccc(C(C)C(=O)O)cc1.CCCCSc1nsnc1C1CN2CCC1CC2. The maximum atomic E-state index is 10.8. The molecule has 5 rings (SSSR count). The Morgan fingerprint density at radius 3 is 2.42 bits per heavy atom. The Morgan fingerprint density at radius 1 is 1.18 bits per heavy atom. The smallest absolute Gasteiger partial charge is 0.310 e. The van der Waals surface area contributed by atoms with Crippen LogP contribution in [0.3, 0.4) is 0 Å². The van der Waals surface area contributed by atoms with Crippen LogP contribution in [-0.2, 0) is 11.2 Å². The molecule has 1 N–H and O–H groups in total. The van der Waals surface area contributed by atoms with Gasteiger partial charge in [-0.1, -0.05) is 51.5 Å². The lowest BCUT2D eigenvalue weighted by Crippen LogP contribution is -2.46. The summed E-state index contributed by atoms with van der Waals surface area (Å²) in [6.07, 6.45) is 6.31. The number of fused-ring (bicyclic) bond motifs is 3. The quantitative estimate of drug-likeness (QED) is 0.329. The fourth-order valence-electron chi connectivity index (χ4n) is 4.66. The van der Waals surface area contributed by atoms with Crippen LogP contribution in [0.1, 0.15) is 82.0 Å². The van der Waals surface area contributed by atoms with Gasteiger partial charge in [-0.15, -0.1) is 11.8 Å². The second-order valence-corrected chi connectivity index (χ2v) is 11.4. The monoisotopic (exact) mass is 489 g/mol. The third-order valence-electron chi connectivity index (χ3n) is 6.72. The molecule has 2 atom stereocenters. The van der Waals surface area contributed by atoms with E-state index < -0.39 is 11.9 Å². The zero-order valence-corrected chi connectivity index (χ0v) is 22.1. The van der Waals surface area contributed by atoms with Crippen LogP contribution in [0.2, 0.25) is 0 Å². The molecule has 2 unspecified atom stereocenters. The van der Waals surface area contributed by atoms with Crippen molar-refractivity contribution in [3.8, 4) is 0 Å². The highest BCUT2D eigenvalue weighted by Gasteiger charge is 2.37. The van der Waals surface area contributed by atoms with Gasteiger partial charge < -0.3 is 10.0 Å². The van der Waals surface area contributed by atoms with Crippen molar-refractivity contribution < 1.29 is 9.90 Å². The van der Waals surface area contributed by atoms with Crippen molar-refractivity contribution in [2.45, 2.75) is 76.7 Å². The molecule has 3 aliphatic rings. The molecule has 182 valence electrons. The van der Waals surface area contributed by atoms with Crippen LogP contribution in [-0.4, -0.2) is 50.1 Å². The minimum atomic E-state index is -0.772. The van der Waals surface area contributed by atoms with Gasteiger partial charge in [-0.25, -0.2) is 0 Å². The zero-order valence-electron chi connectivity index (χ0n) is 20.5. The molecule has 3 saturated heterocycles. The lowest BCUT2D eigenvalue weighted by molar-refractivity contribution is -0.138. The van der Waals surface area contributed by atoms with E-state index in [-0.39, 0.29) is 0 Å². The lowest BCUT2D eigenvalue weighted by atomic mass is 9.78. The van der Waals surface area contributed by atoms with Crippen LogP contribution in [0.25, 0.3) is 0 Å². The number of piperidine rings is 3. The summed E-state index contributed by atoms with van der Waals surface area (Å²) in [7, 11) is 0. The van der Waals surface area contributed by atoms with Gasteiger partial charge in [-0.2, -0.15) is 8.75 Å². The van der Waals surface area contributed by atoms with Crippen molar-refractivity contribution in [3.63, 3.8) is 0 Å². The van der Waals surface area contributed by atoms with Crippen LogP contribution in [0, 0.1) is 11.8 Å². The van der Waals surface area contributed by atoms with Gasteiger partial charge >= 0.3 is 5.97 Å². The molecule has 1 aromatic carbocycles. The highest BCUT2D eigenvalue weighted by molar-refractivity contribution is 7.99. The molecule has 0 radical (unpaired) electrons. The van der Waals surface area contributed by atoms with Crippen molar-refractivity contribution in [1.29, 1.82) is 0 Å². The van der Waals surface area contributed by atoms with Gasteiger partial charge in [0.2, 0.25) is 0 Å².